The molecular formula is C16H25N3O2. The van der Waals surface area contributed by atoms with Gasteiger partial charge in [-0.2, -0.15) is 0 Å². The number of rotatable bonds is 5. The predicted molar refractivity (Wildman–Crippen MR) is 84.9 cm³/mol. The molecule has 5 heteroatoms. The van der Waals surface area contributed by atoms with Crippen molar-refractivity contribution in [2.75, 3.05) is 44.7 Å². The number of hydrogen-bond donors (Lipinski definition) is 1. The normalized spacial score (nSPS) is 17.4. The van der Waals surface area contributed by atoms with E-state index in [0.717, 1.165) is 31.9 Å². The minimum absolute atomic E-state index is 0.0580. The first kappa shape index (κ1) is 15.6. The summed E-state index contributed by atoms with van der Waals surface area (Å²) in [4.78, 5) is 16.5. The standard InChI is InChI=1S/C16H25N3O2/c1-4-17-16(20)13(2)18-8-10-19(11-9-18)14-6-5-7-15(12-14)21-3/h5-7,12-13H,4,8-11H2,1-3H3,(H,17,20). The van der Waals surface area contributed by atoms with Crippen LogP contribution in [0, 0.1) is 0 Å². The number of methoxy groups -OCH3 is 1. The number of likely N-dealkylation sites (N-methyl/N-ethyl adjacent to an activating group) is 1. The molecule has 1 N–H and O–H groups in total. The molecule has 0 radical (unpaired) electrons. The van der Waals surface area contributed by atoms with E-state index in [9.17, 15) is 4.79 Å². The second kappa shape index (κ2) is 7.31. The molecule has 1 aromatic rings. The average molecular weight is 291 g/mol. The Morgan fingerprint density at radius 1 is 1.33 bits per heavy atom. The van der Waals surface area contributed by atoms with Crippen LogP contribution in [-0.2, 0) is 4.79 Å². The topological polar surface area (TPSA) is 44.8 Å². The summed E-state index contributed by atoms with van der Waals surface area (Å²) in [6.45, 7) is 8.27. The molecule has 1 aromatic carbocycles. The molecule has 1 atom stereocenters. The fourth-order valence-corrected chi connectivity index (χ4v) is 2.66. The summed E-state index contributed by atoms with van der Waals surface area (Å²) in [5.41, 5.74) is 1.18. The second-order valence-corrected chi connectivity index (χ2v) is 5.30. The lowest BCUT2D eigenvalue weighted by molar-refractivity contribution is -0.125. The fraction of sp³-hybridized carbons (Fsp3) is 0.562. The first-order valence-electron chi connectivity index (χ1n) is 7.56. The number of nitrogens with zero attached hydrogens (tertiary/aromatic N) is 2. The highest BCUT2D eigenvalue weighted by Gasteiger charge is 2.25. The summed E-state index contributed by atoms with van der Waals surface area (Å²) in [6, 6.07) is 8.07. The number of carbonyl (C=O) groups excluding carboxylic acids is 1. The van der Waals surface area contributed by atoms with Crippen molar-refractivity contribution in [3.63, 3.8) is 0 Å². The number of benzene rings is 1. The van der Waals surface area contributed by atoms with Crippen molar-refractivity contribution in [1.29, 1.82) is 0 Å². The first-order chi connectivity index (χ1) is 10.2. The van der Waals surface area contributed by atoms with Crippen molar-refractivity contribution in [3.8, 4) is 5.75 Å². The smallest absolute Gasteiger partial charge is 0.237 e. The number of ether oxygens (including phenoxy) is 1. The van der Waals surface area contributed by atoms with E-state index in [1.54, 1.807) is 7.11 Å². The van der Waals surface area contributed by atoms with Crippen molar-refractivity contribution >= 4 is 11.6 Å². The van der Waals surface area contributed by atoms with Crippen molar-refractivity contribution in [3.05, 3.63) is 24.3 Å². The van der Waals surface area contributed by atoms with Crippen LogP contribution in [0.25, 0.3) is 0 Å². The molecule has 1 saturated heterocycles. The molecule has 1 fully saturated rings. The van der Waals surface area contributed by atoms with E-state index in [1.807, 2.05) is 26.0 Å². The molecule has 1 aliphatic heterocycles. The Morgan fingerprint density at radius 3 is 2.67 bits per heavy atom. The predicted octanol–water partition coefficient (Wildman–Crippen LogP) is 1.34. The van der Waals surface area contributed by atoms with E-state index in [2.05, 4.69) is 27.2 Å². The minimum Gasteiger partial charge on any atom is -0.497 e. The Hall–Kier alpha value is -1.75. The van der Waals surface area contributed by atoms with Gasteiger partial charge in [0.2, 0.25) is 5.91 Å². The molecule has 1 unspecified atom stereocenters. The molecule has 21 heavy (non-hydrogen) atoms. The van der Waals surface area contributed by atoms with Crippen molar-refractivity contribution < 1.29 is 9.53 Å². The van der Waals surface area contributed by atoms with Gasteiger partial charge in [0.1, 0.15) is 5.75 Å². The van der Waals surface area contributed by atoms with E-state index < -0.39 is 0 Å². The van der Waals surface area contributed by atoms with Crippen LogP contribution in [0.15, 0.2) is 24.3 Å². The molecule has 0 bridgehead atoms. The van der Waals surface area contributed by atoms with Crippen LogP contribution in [0.5, 0.6) is 5.75 Å². The van der Waals surface area contributed by atoms with E-state index in [4.69, 9.17) is 4.74 Å². The molecular weight excluding hydrogens is 266 g/mol. The zero-order valence-corrected chi connectivity index (χ0v) is 13.1. The molecule has 1 amide bonds. The van der Waals surface area contributed by atoms with Crippen LogP contribution in [-0.4, -0.2) is 56.7 Å². The zero-order valence-electron chi connectivity index (χ0n) is 13.1. The molecule has 2 rings (SSSR count). The van der Waals surface area contributed by atoms with E-state index >= 15 is 0 Å². The van der Waals surface area contributed by atoms with Gasteiger partial charge in [0.15, 0.2) is 0 Å². The van der Waals surface area contributed by atoms with E-state index in [-0.39, 0.29) is 11.9 Å². The summed E-state index contributed by atoms with van der Waals surface area (Å²) in [5, 5.41) is 2.89. The lowest BCUT2D eigenvalue weighted by Gasteiger charge is -2.38. The van der Waals surface area contributed by atoms with Gasteiger partial charge in [-0.15, -0.1) is 0 Å². The van der Waals surface area contributed by atoms with Gasteiger partial charge in [-0.05, 0) is 26.0 Å². The SMILES string of the molecule is CCNC(=O)C(C)N1CCN(c2cccc(OC)c2)CC1. The highest BCUT2D eigenvalue weighted by molar-refractivity contribution is 5.81. The number of amides is 1. The summed E-state index contributed by atoms with van der Waals surface area (Å²) < 4.78 is 5.27. The van der Waals surface area contributed by atoms with Gasteiger partial charge in [0, 0.05) is 44.5 Å². The van der Waals surface area contributed by atoms with Crippen LogP contribution in [0.4, 0.5) is 5.69 Å². The summed E-state index contributed by atoms with van der Waals surface area (Å²) in [5.74, 6) is 0.998. The lowest BCUT2D eigenvalue weighted by atomic mass is 10.2. The summed E-state index contributed by atoms with van der Waals surface area (Å²) in [6.07, 6.45) is 0. The number of nitrogens with one attached hydrogen (secondary N) is 1. The van der Waals surface area contributed by atoms with Gasteiger partial charge < -0.3 is 15.0 Å². The lowest BCUT2D eigenvalue weighted by Crippen LogP contribution is -2.54. The van der Waals surface area contributed by atoms with Gasteiger partial charge in [0.25, 0.3) is 0 Å². The zero-order chi connectivity index (χ0) is 15.2. The molecule has 1 aliphatic rings. The van der Waals surface area contributed by atoms with E-state index in [0.29, 0.717) is 6.54 Å². The van der Waals surface area contributed by atoms with Gasteiger partial charge in [-0.3, -0.25) is 9.69 Å². The molecule has 116 valence electrons. The largest absolute Gasteiger partial charge is 0.497 e. The first-order valence-corrected chi connectivity index (χ1v) is 7.56. The highest BCUT2D eigenvalue weighted by Crippen LogP contribution is 2.22. The molecule has 0 aliphatic carbocycles. The maximum atomic E-state index is 11.9. The molecule has 5 nitrogen and oxygen atoms in total. The Balaban J connectivity index is 1.92. The van der Waals surface area contributed by atoms with Gasteiger partial charge in [0.05, 0.1) is 13.2 Å². The number of hydrogen-bond acceptors (Lipinski definition) is 4. The maximum absolute atomic E-state index is 11.9. The van der Waals surface area contributed by atoms with Crippen molar-refractivity contribution in [2.24, 2.45) is 0 Å². The summed E-state index contributed by atoms with van der Waals surface area (Å²) in [7, 11) is 1.69. The molecule has 0 aromatic heterocycles. The fourth-order valence-electron chi connectivity index (χ4n) is 2.66. The van der Waals surface area contributed by atoms with Gasteiger partial charge >= 0.3 is 0 Å². The van der Waals surface area contributed by atoms with Crippen LogP contribution < -0.4 is 15.0 Å². The quantitative estimate of drug-likeness (QED) is 0.889. The molecule has 0 saturated carbocycles. The maximum Gasteiger partial charge on any atom is 0.237 e. The van der Waals surface area contributed by atoms with E-state index in [1.165, 1.54) is 5.69 Å². The van der Waals surface area contributed by atoms with Crippen LogP contribution in [0.3, 0.4) is 0 Å². The average Bonchev–Trinajstić information content (AvgIpc) is 2.54. The van der Waals surface area contributed by atoms with Crippen LogP contribution in [0.2, 0.25) is 0 Å². The summed E-state index contributed by atoms with van der Waals surface area (Å²) >= 11 is 0. The third-order valence-electron chi connectivity index (χ3n) is 4.01. The second-order valence-electron chi connectivity index (χ2n) is 5.30. The number of piperazine rings is 1. The van der Waals surface area contributed by atoms with Crippen LogP contribution >= 0.6 is 0 Å². The Morgan fingerprint density at radius 2 is 2.05 bits per heavy atom. The van der Waals surface area contributed by atoms with Crippen LogP contribution in [0.1, 0.15) is 13.8 Å². The third-order valence-corrected chi connectivity index (χ3v) is 4.01. The van der Waals surface area contributed by atoms with Crippen molar-refractivity contribution in [1.82, 2.24) is 10.2 Å². The van der Waals surface area contributed by atoms with Crippen molar-refractivity contribution in [2.45, 2.75) is 19.9 Å². The minimum atomic E-state index is -0.0580. The highest BCUT2D eigenvalue weighted by atomic mass is 16.5. The monoisotopic (exact) mass is 291 g/mol. The Labute approximate surface area is 126 Å². The Kier molecular flexibility index (Phi) is 5.44. The Bertz CT molecular complexity index is 470. The third kappa shape index (κ3) is 3.88. The number of carbonyl (C=O) groups is 1. The molecule has 1 heterocycles. The van der Waals surface area contributed by atoms with Gasteiger partial charge in [-0.1, -0.05) is 6.07 Å². The molecule has 0 spiro atoms. The van der Waals surface area contributed by atoms with Gasteiger partial charge in [-0.25, -0.2) is 0 Å². The number of anilines is 1.